The van der Waals surface area contributed by atoms with E-state index in [4.69, 9.17) is 0 Å². The fraction of sp³-hybridized carbons (Fsp3) is 0.462. The quantitative estimate of drug-likeness (QED) is 0.889. The van der Waals surface area contributed by atoms with Gasteiger partial charge in [0.1, 0.15) is 0 Å². The van der Waals surface area contributed by atoms with Crippen molar-refractivity contribution in [2.24, 2.45) is 0 Å². The van der Waals surface area contributed by atoms with Gasteiger partial charge in [0.2, 0.25) is 5.91 Å². The maximum atomic E-state index is 12.0. The van der Waals surface area contributed by atoms with E-state index in [1.165, 1.54) is 6.26 Å². The first kappa shape index (κ1) is 14.0. The van der Waals surface area contributed by atoms with E-state index >= 15 is 0 Å². The lowest BCUT2D eigenvalue weighted by Gasteiger charge is -2.27. The van der Waals surface area contributed by atoms with Crippen LogP contribution in [0.15, 0.2) is 29.2 Å². The smallest absolute Gasteiger partial charge is 0.241 e. The second-order valence-electron chi connectivity index (χ2n) is 4.76. The van der Waals surface area contributed by atoms with Crippen LogP contribution in [0.25, 0.3) is 0 Å². The highest BCUT2D eigenvalue weighted by Crippen LogP contribution is 2.13. The van der Waals surface area contributed by atoms with Gasteiger partial charge >= 0.3 is 0 Å². The summed E-state index contributed by atoms with van der Waals surface area (Å²) in [4.78, 5) is 12.3. The molecule has 0 aliphatic carbocycles. The number of hydrogen-bond acceptors (Lipinski definition) is 4. The second-order valence-corrected chi connectivity index (χ2v) is 6.77. The summed E-state index contributed by atoms with van der Waals surface area (Å²) < 4.78 is 22.9. The zero-order chi connectivity index (χ0) is 13.9. The highest BCUT2D eigenvalue weighted by molar-refractivity contribution is 7.90. The molecule has 1 N–H and O–H groups in total. The normalized spacial score (nSPS) is 16.4. The van der Waals surface area contributed by atoms with Crippen molar-refractivity contribution in [2.45, 2.75) is 24.2 Å². The lowest BCUT2D eigenvalue weighted by Crippen LogP contribution is -2.47. The summed E-state index contributed by atoms with van der Waals surface area (Å²) in [7, 11) is -3.23. The number of rotatable bonds is 3. The van der Waals surface area contributed by atoms with E-state index in [9.17, 15) is 13.2 Å². The van der Waals surface area contributed by atoms with Crippen LogP contribution in [0.2, 0.25) is 0 Å². The molecule has 0 bridgehead atoms. The van der Waals surface area contributed by atoms with E-state index < -0.39 is 9.84 Å². The van der Waals surface area contributed by atoms with Gasteiger partial charge in [0.15, 0.2) is 9.84 Å². The van der Waals surface area contributed by atoms with E-state index in [2.05, 4.69) is 5.43 Å². The molecule has 1 aromatic rings. The van der Waals surface area contributed by atoms with E-state index in [1.54, 1.807) is 29.3 Å². The monoisotopic (exact) mass is 282 g/mol. The highest BCUT2D eigenvalue weighted by atomic mass is 32.2. The minimum Gasteiger partial charge on any atom is -0.278 e. The Morgan fingerprint density at radius 1 is 1.37 bits per heavy atom. The molecule has 0 atom stereocenters. The van der Waals surface area contributed by atoms with Gasteiger partial charge in [0.25, 0.3) is 0 Å². The Kier molecular flexibility index (Phi) is 4.21. The number of sulfone groups is 1. The van der Waals surface area contributed by atoms with Crippen LogP contribution in [0, 0.1) is 0 Å². The van der Waals surface area contributed by atoms with Gasteiger partial charge in [0.05, 0.1) is 11.3 Å². The molecule has 5 nitrogen and oxygen atoms in total. The first-order valence-electron chi connectivity index (χ1n) is 6.30. The molecule has 104 valence electrons. The number of carbonyl (C=O) groups is 1. The summed E-state index contributed by atoms with van der Waals surface area (Å²) in [6.07, 6.45) is 3.46. The third-order valence-corrected chi connectivity index (χ3v) is 4.20. The molecule has 0 radical (unpaired) electrons. The van der Waals surface area contributed by atoms with Crippen molar-refractivity contribution >= 4 is 15.7 Å². The zero-order valence-electron chi connectivity index (χ0n) is 10.9. The summed E-state index contributed by atoms with van der Waals surface area (Å²) in [5, 5.41) is 1.62. The third kappa shape index (κ3) is 3.78. The van der Waals surface area contributed by atoms with Crippen LogP contribution >= 0.6 is 0 Å². The van der Waals surface area contributed by atoms with Crippen molar-refractivity contribution in [2.75, 3.05) is 19.3 Å². The second kappa shape index (κ2) is 5.71. The molecule has 1 heterocycles. The van der Waals surface area contributed by atoms with Crippen molar-refractivity contribution in [1.82, 2.24) is 10.4 Å². The highest BCUT2D eigenvalue weighted by Gasteiger charge is 2.17. The molecule has 6 heteroatoms. The molecule has 0 saturated carbocycles. The number of hydrogen-bond donors (Lipinski definition) is 1. The summed E-state index contributed by atoms with van der Waals surface area (Å²) in [6.45, 7) is 1.53. The van der Waals surface area contributed by atoms with Crippen LogP contribution in [-0.4, -0.2) is 38.7 Å². The number of nitrogens with one attached hydrogen (secondary N) is 1. The number of amides is 1. The molecule has 0 spiro atoms. The van der Waals surface area contributed by atoms with Crippen LogP contribution < -0.4 is 5.43 Å². The van der Waals surface area contributed by atoms with Crippen molar-refractivity contribution in [1.29, 1.82) is 0 Å². The van der Waals surface area contributed by atoms with Crippen LogP contribution in [0.1, 0.15) is 18.4 Å². The predicted octanol–water partition coefficient (Wildman–Crippen LogP) is 0.760. The maximum absolute atomic E-state index is 12.0. The van der Waals surface area contributed by atoms with Crippen LogP contribution in [0.4, 0.5) is 0 Å². The Labute approximate surface area is 113 Å². The lowest BCUT2D eigenvalue weighted by molar-refractivity contribution is -0.134. The van der Waals surface area contributed by atoms with Crippen LogP contribution in [0.3, 0.4) is 0 Å². The topological polar surface area (TPSA) is 66.5 Å². The molecule has 1 aliphatic rings. The van der Waals surface area contributed by atoms with Gasteiger partial charge < -0.3 is 0 Å². The van der Waals surface area contributed by atoms with Crippen molar-refractivity contribution in [3.63, 3.8) is 0 Å². The van der Waals surface area contributed by atoms with Gasteiger partial charge in [-0.2, -0.15) is 0 Å². The predicted molar refractivity (Wildman–Crippen MR) is 72.2 cm³/mol. The van der Waals surface area contributed by atoms with Crippen LogP contribution in [0.5, 0.6) is 0 Å². The third-order valence-electron chi connectivity index (χ3n) is 3.09. The zero-order valence-corrected chi connectivity index (χ0v) is 11.7. The number of hydrazine groups is 1. The molecule has 0 aromatic heterocycles. The SMILES string of the molecule is CS(=O)(=O)c1cccc(CC(=O)N2CCCCN2)c1. The largest absolute Gasteiger partial charge is 0.278 e. The molecule has 19 heavy (non-hydrogen) atoms. The fourth-order valence-corrected chi connectivity index (χ4v) is 2.75. The van der Waals surface area contributed by atoms with Gasteiger partial charge in [0, 0.05) is 19.3 Å². The van der Waals surface area contributed by atoms with E-state index in [0.717, 1.165) is 24.9 Å². The summed E-state index contributed by atoms with van der Waals surface area (Å²) in [5.41, 5.74) is 3.77. The van der Waals surface area contributed by atoms with E-state index in [1.807, 2.05) is 0 Å². The van der Waals surface area contributed by atoms with Gasteiger partial charge in [-0.3, -0.25) is 9.80 Å². The number of nitrogens with zero attached hydrogens (tertiary/aromatic N) is 1. The molecular formula is C13H18N2O3S. The van der Waals surface area contributed by atoms with Crippen molar-refractivity contribution < 1.29 is 13.2 Å². The van der Waals surface area contributed by atoms with Crippen molar-refractivity contribution in [3.8, 4) is 0 Å². The molecule has 2 rings (SSSR count). The molecule has 0 unspecified atom stereocenters. The molecular weight excluding hydrogens is 264 g/mol. The molecule has 1 amide bonds. The van der Waals surface area contributed by atoms with Gasteiger partial charge in [-0.05, 0) is 30.5 Å². The van der Waals surface area contributed by atoms with Gasteiger partial charge in [-0.25, -0.2) is 13.8 Å². The number of carbonyl (C=O) groups excluding carboxylic acids is 1. The Hall–Kier alpha value is -1.40. The minimum atomic E-state index is -3.23. The average Bonchev–Trinajstić information content (AvgIpc) is 2.39. The van der Waals surface area contributed by atoms with Crippen LogP contribution in [-0.2, 0) is 21.1 Å². The fourth-order valence-electron chi connectivity index (χ4n) is 2.06. The number of benzene rings is 1. The Morgan fingerprint density at radius 2 is 2.16 bits per heavy atom. The molecule has 1 fully saturated rings. The maximum Gasteiger partial charge on any atom is 0.241 e. The lowest BCUT2D eigenvalue weighted by atomic mass is 10.1. The Bertz CT molecular complexity index is 563. The first-order chi connectivity index (χ1) is 8.97. The summed E-state index contributed by atoms with van der Waals surface area (Å²) in [5.74, 6) is -0.0228. The molecule has 1 saturated heterocycles. The summed E-state index contributed by atoms with van der Waals surface area (Å²) >= 11 is 0. The Morgan fingerprint density at radius 3 is 2.79 bits per heavy atom. The van der Waals surface area contributed by atoms with E-state index in [0.29, 0.717) is 6.54 Å². The minimum absolute atomic E-state index is 0.0228. The molecule has 1 aliphatic heterocycles. The van der Waals surface area contributed by atoms with Gasteiger partial charge in [-0.1, -0.05) is 12.1 Å². The van der Waals surface area contributed by atoms with Crippen molar-refractivity contribution in [3.05, 3.63) is 29.8 Å². The molecule has 1 aromatic carbocycles. The van der Waals surface area contributed by atoms with E-state index in [-0.39, 0.29) is 17.2 Å². The standard InChI is InChI=1S/C13H18N2O3S/c1-19(17,18)12-6-4-5-11(9-12)10-13(16)15-8-3-2-7-14-15/h4-6,9,14H,2-3,7-8,10H2,1H3. The van der Waals surface area contributed by atoms with Gasteiger partial charge in [-0.15, -0.1) is 0 Å². The Balaban J connectivity index is 2.08. The first-order valence-corrected chi connectivity index (χ1v) is 8.19. The summed E-state index contributed by atoms with van der Waals surface area (Å²) in [6, 6.07) is 6.55. The average molecular weight is 282 g/mol.